The fourth-order valence-electron chi connectivity index (χ4n) is 3.27. The summed E-state index contributed by atoms with van der Waals surface area (Å²) in [6.45, 7) is 2.92. The van der Waals surface area contributed by atoms with Gasteiger partial charge in [0.25, 0.3) is 0 Å². The first-order valence-corrected chi connectivity index (χ1v) is 10.1. The number of aromatic nitrogens is 1. The van der Waals surface area contributed by atoms with Crippen LogP contribution in [0.1, 0.15) is 29.1 Å². The van der Waals surface area contributed by atoms with Gasteiger partial charge >= 0.3 is 6.18 Å². The molecule has 1 aliphatic rings. The summed E-state index contributed by atoms with van der Waals surface area (Å²) in [6, 6.07) is 10.8. The molecule has 1 aromatic carbocycles. The largest absolute Gasteiger partial charge is 0.434 e. The van der Waals surface area contributed by atoms with Gasteiger partial charge < -0.3 is 10.6 Å². The predicted molar refractivity (Wildman–Crippen MR) is 105 cm³/mol. The molecule has 1 fully saturated rings. The van der Waals surface area contributed by atoms with Gasteiger partial charge in [-0.05, 0) is 24.9 Å². The number of likely N-dealkylation sites (tertiary alicyclic amines) is 1. The minimum atomic E-state index is -4.40. The number of guanidine groups is 1. The van der Waals surface area contributed by atoms with Gasteiger partial charge in [0.15, 0.2) is 11.7 Å². The summed E-state index contributed by atoms with van der Waals surface area (Å²) in [5.74, 6) is 0.565. The van der Waals surface area contributed by atoms with Crippen LogP contribution < -0.4 is 10.6 Å². The molecule has 5 nitrogen and oxygen atoms in total. The number of nitrogens with one attached hydrogen (secondary N) is 2. The summed E-state index contributed by atoms with van der Waals surface area (Å²) in [6.07, 6.45) is -2.14. The maximum absolute atomic E-state index is 12.6. The average molecular weight is 411 g/mol. The number of rotatable bonds is 6. The molecule has 2 heterocycles. The number of benzene rings is 1. The van der Waals surface area contributed by atoms with Crippen LogP contribution >= 0.6 is 11.3 Å². The number of aliphatic imine (C=N–C) groups is 1. The number of nitrogens with zero attached hydrogens (tertiary/aromatic N) is 3. The SMILES string of the molecule is CN=C(NCc1nc(C(F)(F)F)cs1)NCC1CCCN1Cc1ccccc1. The first-order chi connectivity index (χ1) is 13.5. The lowest BCUT2D eigenvalue weighted by atomic mass is 10.2. The number of alkyl halides is 3. The van der Waals surface area contributed by atoms with Gasteiger partial charge in [-0.25, -0.2) is 4.98 Å². The minimum Gasteiger partial charge on any atom is -0.355 e. The molecule has 1 saturated heterocycles. The van der Waals surface area contributed by atoms with E-state index in [0.29, 0.717) is 17.0 Å². The van der Waals surface area contributed by atoms with Crippen molar-refractivity contribution < 1.29 is 13.2 Å². The number of hydrogen-bond acceptors (Lipinski definition) is 4. The maximum Gasteiger partial charge on any atom is 0.434 e. The average Bonchev–Trinajstić information content (AvgIpc) is 3.32. The molecule has 152 valence electrons. The van der Waals surface area contributed by atoms with Gasteiger partial charge in [-0.3, -0.25) is 9.89 Å². The van der Waals surface area contributed by atoms with Crippen LogP contribution in [0.3, 0.4) is 0 Å². The molecule has 0 bridgehead atoms. The molecule has 0 aliphatic carbocycles. The smallest absolute Gasteiger partial charge is 0.355 e. The maximum atomic E-state index is 12.6. The first kappa shape index (κ1) is 20.6. The van der Waals surface area contributed by atoms with E-state index in [9.17, 15) is 13.2 Å². The van der Waals surface area contributed by atoms with Crippen LogP contribution in [0.4, 0.5) is 13.2 Å². The number of hydrogen-bond donors (Lipinski definition) is 2. The van der Waals surface area contributed by atoms with Crippen LogP contribution in [0.25, 0.3) is 0 Å². The Bertz CT molecular complexity index is 775. The van der Waals surface area contributed by atoms with Crippen LogP contribution in [-0.2, 0) is 19.3 Å². The quantitative estimate of drug-likeness (QED) is 0.564. The normalized spacial score (nSPS) is 18.4. The van der Waals surface area contributed by atoms with Crippen LogP contribution in [0.15, 0.2) is 40.7 Å². The van der Waals surface area contributed by atoms with Crippen molar-refractivity contribution in [2.24, 2.45) is 4.99 Å². The summed E-state index contributed by atoms with van der Waals surface area (Å²) < 4.78 is 37.9. The highest BCUT2D eigenvalue weighted by Gasteiger charge is 2.33. The van der Waals surface area contributed by atoms with Gasteiger partial charge in [-0.2, -0.15) is 13.2 Å². The van der Waals surface area contributed by atoms with Gasteiger partial charge in [-0.1, -0.05) is 30.3 Å². The molecule has 2 aromatic rings. The van der Waals surface area contributed by atoms with E-state index in [0.717, 1.165) is 49.2 Å². The second-order valence-corrected chi connectivity index (χ2v) is 7.63. The zero-order chi connectivity index (χ0) is 20.0. The summed E-state index contributed by atoms with van der Waals surface area (Å²) in [4.78, 5) is 10.2. The van der Waals surface area contributed by atoms with Crippen molar-refractivity contribution in [2.75, 3.05) is 20.1 Å². The van der Waals surface area contributed by atoms with Crippen molar-refractivity contribution in [3.05, 3.63) is 52.0 Å². The molecule has 1 unspecified atom stereocenters. The van der Waals surface area contributed by atoms with E-state index in [-0.39, 0.29) is 6.54 Å². The third-order valence-electron chi connectivity index (χ3n) is 4.71. The summed E-state index contributed by atoms with van der Waals surface area (Å²) >= 11 is 0.989. The lowest BCUT2D eigenvalue weighted by Gasteiger charge is -2.25. The van der Waals surface area contributed by atoms with Crippen LogP contribution in [0.2, 0.25) is 0 Å². The van der Waals surface area contributed by atoms with Crippen LogP contribution in [0.5, 0.6) is 0 Å². The molecule has 28 heavy (non-hydrogen) atoms. The molecule has 9 heteroatoms. The van der Waals surface area contributed by atoms with E-state index in [4.69, 9.17) is 0 Å². The minimum absolute atomic E-state index is 0.207. The molecular weight excluding hydrogens is 387 g/mol. The Kier molecular flexibility index (Phi) is 6.90. The molecular formula is C19H24F3N5S. The molecule has 0 saturated carbocycles. The van der Waals surface area contributed by atoms with E-state index in [1.54, 1.807) is 7.05 Å². The van der Waals surface area contributed by atoms with Crippen molar-refractivity contribution >= 4 is 17.3 Å². The predicted octanol–water partition coefficient (Wildman–Crippen LogP) is 3.49. The zero-order valence-corrected chi connectivity index (χ0v) is 16.5. The van der Waals surface area contributed by atoms with Gasteiger partial charge in [-0.15, -0.1) is 11.3 Å². The van der Waals surface area contributed by atoms with Crippen molar-refractivity contribution in [2.45, 2.75) is 38.1 Å². The van der Waals surface area contributed by atoms with Crippen LogP contribution in [0, 0.1) is 0 Å². The first-order valence-electron chi connectivity index (χ1n) is 9.20. The fourth-order valence-corrected chi connectivity index (χ4v) is 4.01. The monoisotopic (exact) mass is 411 g/mol. The molecule has 0 spiro atoms. The fraction of sp³-hybridized carbons (Fsp3) is 0.474. The van der Waals surface area contributed by atoms with Crippen molar-refractivity contribution in [3.63, 3.8) is 0 Å². The van der Waals surface area contributed by atoms with E-state index < -0.39 is 11.9 Å². The Balaban J connectivity index is 1.47. The molecule has 3 rings (SSSR count). The van der Waals surface area contributed by atoms with E-state index in [1.165, 1.54) is 5.56 Å². The van der Waals surface area contributed by atoms with Gasteiger partial charge in [0, 0.05) is 31.6 Å². The standard InChI is InChI=1S/C19H24F3N5S/c1-23-18(25-11-17-26-16(13-28-17)19(20,21)22)24-10-15-8-5-9-27(15)12-14-6-3-2-4-7-14/h2-4,6-7,13,15H,5,8-12H2,1H3,(H2,23,24,25). The summed E-state index contributed by atoms with van der Waals surface area (Å²) in [5.41, 5.74) is 0.445. The number of thiazole rings is 1. The molecule has 1 aromatic heterocycles. The van der Waals surface area contributed by atoms with Gasteiger partial charge in [0.2, 0.25) is 0 Å². The van der Waals surface area contributed by atoms with E-state index >= 15 is 0 Å². The molecule has 2 N–H and O–H groups in total. The third-order valence-corrected chi connectivity index (χ3v) is 5.55. The van der Waals surface area contributed by atoms with Crippen molar-refractivity contribution in [1.29, 1.82) is 0 Å². The Morgan fingerprint density at radius 1 is 1.29 bits per heavy atom. The highest BCUT2D eigenvalue weighted by Crippen LogP contribution is 2.29. The Hall–Kier alpha value is -2.13. The topological polar surface area (TPSA) is 52.6 Å². The molecule has 1 aliphatic heterocycles. The highest BCUT2D eigenvalue weighted by molar-refractivity contribution is 7.09. The van der Waals surface area contributed by atoms with Crippen LogP contribution in [-0.4, -0.2) is 42.0 Å². The Labute approximate surface area is 166 Å². The van der Waals surface area contributed by atoms with Gasteiger partial charge in [0.05, 0.1) is 6.54 Å². The van der Waals surface area contributed by atoms with Crippen molar-refractivity contribution in [1.82, 2.24) is 20.5 Å². The van der Waals surface area contributed by atoms with E-state index in [2.05, 4.69) is 37.6 Å². The lowest BCUT2D eigenvalue weighted by molar-refractivity contribution is -0.140. The molecule has 0 amide bonds. The Morgan fingerprint density at radius 3 is 2.75 bits per heavy atom. The number of halogens is 3. The third kappa shape index (κ3) is 5.68. The summed E-state index contributed by atoms with van der Waals surface area (Å²) in [5, 5.41) is 7.74. The van der Waals surface area contributed by atoms with Gasteiger partial charge in [0.1, 0.15) is 5.01 Å². The lowest BCUT2D eigenvalue weighted by Crippen LogP contribution is -2.44. The second-order valence-electron chi connectivity index (χ2n) is 6.68. The Morgan fingerprint density at radius 2 is 2.07 bits per heavy atom. The zero-order valence-electron chi connectivity index (χ0n) is 15.7. The second kappa shape index (κ2) is 9.38. The molecule has 1 atom stereocenters. The summed E-state index contributed by atoms with van der Waals surface area (Å²) in [7, 11) is 1.65. The van der Waals surface area contributed by atoms with Crippen molar-refractivity contribution in [3.8, 4) is 0 Å². The van der Waals surface area contributed by atoms with E-state index in [1.807, 2.05) is 18.2 Å². The highest BCUT2D eigenvalue weighted by atomic mass is 32.1. The molecule has 0 radical (unpaired) electrons.